The molecule has 0 heterocycles. The van der Waals surface area contributed by atoms with Gasteiger partial charge in [-0.25, -0.2) is 0 Å². The van der Waals surface area contributed by atoms with Crippen LogP contribution in [-0.4, -0.2) is 48.1 Å². The lowest BCUT2D eigenvalue weighted by atomic mass is 9.75. The molecule has 6 heteroatoms. The molecule has 0 radical (unpaired) electrons. The van der Waals surface area contributed by atoms with E-state index in [-0.39, 0.29) is 18.0 Å². The van der Waals surface area contributed by atoms with Crippen LogP contribution in [0.1, 0.15) is 40.0 Å². The third kappa shape index (κ3) is 5.00. The van der Waals surface area contributed by atoms with Crippen LogP contribution >= 0.6 is 0 Å². The summed E-state index contributed by atoms with van der Waals surface area (Å²) in [6.45, 7) is 5.26. The third-order valence-corrected chi connectivity index (χ3v) is 5.27. The van der Waals surface area contributed by atoms with Crippen molar-refractivity contribution in [2.24, 2.45) is 11.8 Å². The van der Waals surface area contributed by atoms with Crippen molar-refractivity contribution < 1.29 is 29.2 Å². The summed E-state index contributed by atoms with van der Waals surface area (Å²) in [5.74, 6) is -3.80. The maximum Gasteiger partial charge on any atom is 0.302 e. The van der Waals surface area contributed by atoms with Crippen LogP contribution in [0.25, 0.3) is 0 Å². The number of aliphatic hydroxyl groups is 2. The molecule has 0 aromatic rings. The summed E-state index contributed by atoms with van der Waals surface area (Å²) in [5, 5.41) is 21.7. The van der Waals surface area contributed by atoms with Gasteiger partial charge in [-0.05, 0) is 36.6 Å². The van der Waals surface area contributed by atoms with E-state index in [1.165, 1.54) is 21.1 Å². The van der Waals surface area contributed by atoms with Gasteiger partial charge in [0.25, 0.3) is 0 Å². The van der Waals surface area contributed by atoms with Crippen LogP contribution in [0.5, 0.6) is 0 Å². The smallest absolute Gasteiger partial charge is 0.302 e. The second-order valence-corrected chi connectivity index (χ2v) is 7.46. The molecule has 2 rings (SSSR count). The van der Waals surface area contributed by atoms with Crippen molar-refractivity contribution in [2.45, 2.75) is 57.7 Å². The van der Waals surface area contributed by atoms with E-state index >= 15 is 0 Å². The van der Waals surface area contributed by atoms with Crippen LogP contribution in [0.3, 0.4) is 0 Å². The molecule has 0 amide bonds. The third-order valence-electron chi connectivity index (χ3n) is 5.27. The van der Waals surface area contributed by atoms with E-state index in [1.807, 2.05) is 32.1 Å². The first kappa shape index (κ1) is 22.6. The van der Waals surface area contributed by atoms with E-state index in [0.29, 0.717) is 12.8 Å². The molecule has 2 aliphatic carbocycles. The lowest BCUT2D eigenvalue weighted by Gasteiger charge is -2.39. The maximum atomic E-state index is 11.2. The Morgan fingerprint density at radius 2 is 1.93 bits per heavy atom. The normalized spacial score (nSPS) is 33.2. The number of allylic oxidation sites excluding steroid dienone is 3. The highest BCUT2D eigenvalue weighted by Crippen LogP contribution is 2.40. The Labute approximate surface area is 167 Å². The van der Waals surface area contributed by atoms with E-state index in [0.717, 1.165) is 17.6 Å². The highest BCUT2D eigenvalue weighted by atomic mass is 16.6. The van der Waals surface area contributed by atoms with Gasteiger partial charge in [0, 0.05) is 39.4 Å². The average molecular weight is 392 g/mol. The fraction of sp³-hybridized carbons (Fsp3) is 0.591. The van der Waals surface area contributed by atoms with Crippen LogP contribution < -0.4 is 0 Å². The molecule has 156 valence electrons. The zero-order valence-electron chi connectivity index (χ0n) is 17.3. The maximum absolute atomic E-state index is 11.2. The molecule has 28 heavy (non-hydrogen) atoms. The molecular formula is C22H32O6. The Morgan fingerprint density at radius 3 is 2.50 bits per heavy atom. The SMILES string of the molecule is CCCC1=CC(C2C=C(CC(C)OC(C)=O)C=CC2(O)OC)C=CC1(O)OC. The number of rotatable bonds is 8. The molecule has 0 saturated carbocycles. The lowest BCUT2D eigenvalue weighted by Crippen LogP contribution is -2.43. The van der Waals surface area contributed by atoms with Crippen molar-refractivity contribution in [1.82, 2.24) is 0 Å². The molecule has 2 N–H and O–H groups in total. The first-order valence-electron chi connectivity index (χ1n) is 9.70. The molecule has 6 nitrogen and oxygen atoms in total. The summed E-state index contributed by atoms with van der Waals surface area (Å²) in [5.41, 5.74) is 1.72. The van der Waals surface area contributed by atoms with Crippen molar-refractivity contribution in [3.63, 3.8) is 0 Å². The van der Waals surface area contributed by atoms with Gasteiger partial charge in [-0.15, -0.1) is 0 Å². The standard InChI is InChI=1S/C22H32O6/c1-6-7-19-14-18(9-11-21(19,24)26-4)20-13-17(8-10-22(20,25)27-5)12-15(2)28-16(3)23/h8-11,13-15,18,20,24-25H,6-7,12H2,1-5H3. The lowest BCUT2D eigenvalue weighted by molar-refractivity contribution is -0.179. The molecule has 2 aliphatic rings. The van der Waals surface area contributed by atoms with Gasteiger partial charge in [0.05, 0.1) is 0 Å². The Balaban J connectivity index is 2.32. The molecule has 0 fully saturated rings. The fourth-order valence-electron chi connectivity index (χ4n) is 3.84. The van der Waals surface area contributed by atoms with E-state index in [4.69, 9.17) is 14.2 Å². The predicted molar refractivity (Wildman–Crippen MR) is 106 cm³/mol. The predicted octanol–water partition coefficient (Wildman–Crippen LogP) is 3.02. The van der Waals surface area contributed by atoms with Gasteiger partial charge in [-0.2, -0.15) is 0 Å². The summed E-state index contributed by atoms with van der Waals surface area (Å²) in [6, 6.07) is 0. The average Bonchev–Trinajstić information content (AvgIpc) is 2.65. The van der Waals surface area contributed by atoms with Crippen molar-refractivity contribution >= 4 is 5.97 Å². The molecule has 5 atom stereocenters. The van der Waals surface area contributed by atoms with E-state index < -0.39 is 17.5 Å². The highest BCUT2D eigenvalue weighted by Gasteiger charge is 2.42. The molecule has 0 aliphatic heterocycles. The van der Waals surface area contributed by atoms with Crippen LogP contribution in [0, 0.1) is 11.8 Å². The second kappa shape index (κ2) is 9.18. The Morgan fingerprint density at radius 1 is 1.21 bits per heavy atom. The first-order chi connectivity index (χ1) is 13.2. The zero-order valence-corrected chi connectivity index (χ0v) is 17.3. The minimum absolute atomic E-state index is 0.189. The van der Waals surface area contributed by atoms with Crippen molar-refractivity contribution in [3.8, 4) is 0 Å². The van der Waals surface area contributed by atoms with Crippen molar-refractivity contribution in [1.29, 1.82) is 0 Å². The molecule has 0 aromatic carbocycles. The van der Waals surface area contributed by atoms with Gasteiger partial charge in [0.15, 0.2) is 5.79 Å². The number of esters is 1. The molecule has 5 unspecified atom stereocenters. The van der Waals surface area contributed by atoms with Crippen LogP contribution in [-0.2, 0) is 19.0 Å². The summed E-state index contributed by atoms with van der Waals surface area (Å²) < 4.78 is 15.9. The number of hydrogen-bond acceptors (Lipinski definition) is 6. The summed E-state index contributed by atoms with van der Waals surface area (Å²) in [6.07, 6.45) is 12.6. The van der Waals surface area contributed by atoms with E-state index in [1.54, 1.807) is 18.2 Å². The summed E-state index contributed by atoms with van der Waals surface area (Å²) in [4.78, 5) is 11.2. The van der Waals surface area contributed by atoms with Gasteiger partial charge in [0.2, 0.25) is 5.79 Å². The van der Waals surface area contributed by atoms with Gasteiger partial charge >= 0.3 is 5.97 Å². The minimum Gasteiger partial charge on any atom is -0.463 e. The Bertz CT molecular complexity index is 691. The molecule has 0 bridgehead atoms. The van der Waals surface area contributed by atoms with Crippen LogP contribution in [0.4, 0.5) is 0 Å². The summed E-state index contributed by atoms with van der Waals surface area (Å²) in [7, 11) is 2.93. The summed E-state index contributed by atoms with van der Waals surface area (Å²) >= 11 is 0. The Hall–Kier alpha value is -1.73. The second-order valence-electron chi connectivity index (χ2n) is 7.46. The van der Waals surface area contributed by atoms with Crippen LogP contribution in [0.15, 0.2) is 47.6 Å². The zero-order chi connectivity index (χ0) is 20.9. The van der Waals surface area contributed by atoms with Gasteiger partial charge in [0.1, 0.15) is 6.10 Å². The Kier molecular flexibility index (Phi) is 7.39. The van der Waals surface area contributed by atoms with Crippen molar-refractivity contribution in [2.75, 3.05) is 14.2 Å². The van der Waals surface area contributed by atoms with Gasteiger partial charge in [-0.1, -0.05) is 37.6 Å². The molecule has 0 aromatic heterocycles. The van der Waals surface area contributed by atoms with Crippen molar-refractivity contribution in [3.05, 3.63) is 47.6 Å². The first-order valence-corrected chi connectivity index (χ1v) is 9.70. The van der Waals surface area contributed by atoms with E-state index in [9.17, 15) is 15.0 Å². The number of ether oxygens (including phenoxy) is 3. The van der Waals surface area contributed by atoms with E-state index in [2.05, 4.69) is 0 Å². The monoisotopic (exact) mass is 392 g/mol. The quantitative estimate of drug-likeness (QED) is 0.375. The number of carbonyl (C=O) groups excluding carboxylic acids is 1. The number of methoxy groups -OCH3 is 2. The van der Waals surface area contributed by atoms with Crippen LogP contribution in [0.2, 0.25) is 0 Å². The highest BCUT2D eigenvalue weighted by molar-refractivity contribution is 5.66. The van der Waals surface area contributed by atoms with Gasteiger partial charge < -0.3 is 24.4 Å². The molecule has 0 saturated heterocycles. The van der Waals surface area contributed by atoms with Gasteiger partial charge in [-0.3, -0.25) is 4.79 Å². The number of hydrogen-bond donors (Lipinski definition) is 2. The fourth-order valence-corrected chi connectivity index (χ4v) is 3.84. The minimum atomic E-state index is -1.47. The molecule has 0 spiro atoms. The molecular weight excluding hydrogens is 360 g/mol. The number of carbonyl (C=O) groups is 1. The topological polar surface area (TPSA) is 85.2 Å². The largest absolute Gasteiger partial charge is 0.463 e.